The number of imide groups is 1. The van der Waals surface area contributed by atoms with Crippen molar-refractivity contribution in [3.63, 3.8) is 0 Å². The van der Waals surface area contributed by atoms with Gasteiger partial charge < -0.3 is 5.32 Å². The maximum absolute atomic E-state index is 11.5. The van der Waals surface area contributed by atoms with Gasteiger partial charge in [0.2, 0.25) is 17.7 Å². The summed E-state index contributed by atoms with van der Waals surface area (Å²) >= 11 is 0. The van der Waals surface area contributed by atoms with Crippen LogP contribution in [0.4, 0.5) is 0 Å². The van der Waals surface area contributed by atoms with Gasteiger partial charge in [0.15, 0.2) is 0 Å². The Bertz CT molecular complexity index is 362. The fourth-order valence-electron chi connectivity index (χ4n) is 2.17. The first-order valence-corrected chi connectivity index (χ1v) is 4.88. The van der Waals surface area contributed by atoms with Gasteiger partial charge in [-0.05, 0) is 6.42 Å². The van der Waals surface area contributed by atoms with Crippen molar-refractivity contribution in [3.05, 3.63) is 12.2 Å². The zero-order valence-electron chi connectivity index (χ0n) is 8.32. The van der Waals surface area contributed by atoms with E-state index in [1.807, 2.05) is 6.08 Å². The Morgan fingerprint density at radius 1 is 1.47 bits per heavy atom. The number of nitrogens with one attached hydrogen (secondary N) is 2. The van der Waals surface area contributed by atoms with Crippen LogP contribution in [0, 0.1) is 11.8 Å². The smallest absolute Gasteiger partial charge is 0.232 e. The fraction of sp³-hybridized carbons (Fsp3) is 0.500. The summed E-state index contributed by atoms with van der Waals surface area (Å²) in [6.45, 7) is 1.39. The van der Waals surface area contributed by atoms with Crippen molar-refractivity contribution in [2.24, 2.45) is 11.8 Å². The van der Waals surface area contributed by atoms with Gasteiger partial charge in [-0.3, -0.25) is 19.7 Å². The lowest BCUT2D eigenvalue weighted by Crippen LogP contribution is -2.44. The van der Waals surface area contributed by atoms with Crippen LogP contribution in [-0.2, 0) is 14.4 Å². The van der Waals surface area contributed by atoms with Gasteiger partial charge in [-0.2, -0.15) is 0 Å². The minimum absolute atomic E-state index is 0.197. The lowest BCUT2D eigenvalue weighted by molar-refractivity contribution is -0.126. The molecule has 1 heterocycles. The van der Waals surface area contributed by atoms with E-state index in [1.54, 1.807) is 6.08 Å². The molecule has 2 N–H and O–H groups in total. The Morgan fingerprint density at radius 2 is 2.20 bits per heavy atom. The molecule has 2 aliphatic rings. The van der Waals surface area contributed by atoms with Crippen molar-refractivity contribution in [1.29, 1.82) is 0 Å². The van der Waals surface area contributed by atoms with E-state index in [4.69, 9.17) is 0 Å². The van der Waals surface area contributed by atoms with Crippen LogP contribution in [-0.4, -0.2) is 23.8 Å². The Kier molecular flexibility index (Phi) is 2.30. The van der Waals surface area contributed by atoms with E-state index in [0.717, 1.165) is 0 Å². The van der Waals surface area contributed by atoms with Gasteiger partial charge in [0, 0.05) is 6.92 Å². The van der Waals surface area contributed by atoms with Crippen LogP contribution in [0.2, 0.25) is 0 Å². The van der Waals surface area contributed by atoms with Crippen molar-refractivity contribution >= 4 is 17.7 Å². The largest absolute Gasteiger partial charge is 0.349 e. The number of hydrogen-bond acceptors (Lipinski definition) is 3. The molecule has 5 heteroatoms. The molecule has 0 unspecified atom stereocenters. The first-order valence-electron chi connectivity index (χ1n) is 4.88. The van der Waals surface area contributed by atoms with Crippen LogP contribution in [0.15, 0.2) is 12.2 Å². The molecule has 0 aromatic rings. The summed E-state index contributed by atoms with van der Waals surface area (Å²) in [5, 5.41) is 4.96. The lowest BCUT2D eigenvalue weighted by Gasteiger charge is -2.26. The van der Waals surface area contributed by atoms with Crippen LogP contribution in [0.25, 0.3) is 0 Å². The molecular weight excluding hydrogens is 196 g/mol. The van der Waals surface area contributed by atoms with Gasteiger partial charge in [0.1, 0.15) is 0 Å². The average molecular weight is 208 g/mol. The maximum Gasteiger partial charge on any atom is 0.232 e. The summed E-state index contributed by atoms with van der Waals surface area (Å²) in [6.07, 6.45) is 4.18. The van der Waals surface area contributed by atoms with Crippen molar-refractivity contribution in [2.45, 2.75) is 19.4 Å². The standard InChI is InChI=1S/C10H12N2O3/c1-5(13)11-7-4-2-3-6-8(7)10(15)12-9(6)14/h2,4,6-8H,3H2,1H3,(H,11,13)(H,12,14,15)/t6-,7+,8-/m0/s1. The van der Waals surface area contributed by atoms with Crippen molar-refractivity contribution in [2.75, 3.05) is 0 Å². The third-order valence-electron chi connectivity index (χ3n) is 2.81. The first-order chi connectivity index (χ1) is 7.09. The highest BCUT2D eigenvalue weighted by Crippen LogP contribution is 2.30. The molecule has 1 aliphatic heterocycles. The van der Waals surface area contributed by atoms with Gasteiger partial charge in [-0.25, -0.2) is 0 Å². The van der Waals surface area contributed by atoms with Gasteiger partial charge in [0.05, 0.1) is 17.9 Å². The minimum atomic E-state index is -0.439. The van der Waals surface area contributed by atoms with Crippen LogP contribution >= 0.6 is 0 Å². The molecule has 0 aromatic heterocycles. The summed E-state index contributed by atoms with van der Waals surface area (Å²) in [7, 11) is 0. The molecule has 0 bridgehead atoms. The Morgan fingerprint density at radius 3 is 2.87 bits per heavy atom. The number of carbonyl (C=O) groups excluding carboxylic acids is 3. The molecule has 1 fully saturated rings. The Balaban J connectivity index is 2.22. The van der Waals surface area contributed by atoms with E-state index in [2.05, 4.69) is 10.6 Å². The Labute approximate surface area is 86.9 Å². The summed E-state index contributed by atoms with van der Waals surface area (Å²) in [6, 6.07) is -0.354. The van der Waals surface area contributed by atoms with Crippen LogP contribution < -0.4 is 10.6 Å². The molecule has 3 amide bonds. The van der Waals surface area contributed by atoms with Crippen LogP contribution in [0.3, 0.4) is 0 Å². The Hall–Kier alpha value is -1.65. The SMILES string of the molecule is CC(=O)N[C@@H]1C=CC[C@@H]2C(=O)NC(=O)[C@@H]21. The van der Waals surface area contributed by atoms with Gasteiger partial charge in [0.25, 0.3) is 0 Å². The fourth-order valence-corrected chi connectivity index (χ4v) is 2.17. The van der Waals surface area contributed by atoms with E-state index >= 15 is 0 Å². The molecule has 0 spiro atoms. The second kappa shape index (κ2) is 3.49. The molecular formula is C10H12N2O3. The number of hydrogen-bond donors (Lipinski definition) is 2. The highest BCUT2D eigenvalue weighted by molar-refractivity contribution is 6.06. The van der Waals surface area contributed by atoms with Crippen LogP contribution in [0.1, 0.15) is 13.3 Å². The zero-order chi connectivity index (χ0) is 11.0. The second-order valence-corrected chi connectivity index (χ2v) is 3.88. The molecule has 80 valence electrons. The van der Waals surface area contributed by atoms with Crippen LogP contribution in [0.5, 0.6) is 0 Å². The van der Waals surface area contributed by atoms with E-state index in [-0.39, 0.29) is 29.7 Å². The maximum atomic E-state index is 11.5. The molecule has 0 aromatic carbocycles. The average Bonchev–Trinajstić information content (AvgIpc) is 2.43. The third kappa shape index (κ3) is 1.65. The van der Waals surface area contributed by atoms with Gasteiger partial charge >= 0.3 is 0 Å². The number of allylic oxidation sites excluding steroid dienone is 1. The monoisotopic (exact) mass is 208 g/mol. The summed E-state index contributed by atoms with van der Waals surface area (Å²) in [4.78, 5) is 33.8. The van der Waals surface area contributed by atoms with E-state index < -0.39 is 5.92 Å². The molecule has 0 saturated carbocycles. The quantitative estimate of drug-likeness (QED) is 0.443. The first kappa shape index (κ1) is 9.89. The molecule has 3 atom stereocenters. The molecule has 15 heavy (non-hydrogen) atoms. The topological polar surface area (TPSA) is 75.3 Å². The summed E-state index contributed by atoms with van der Waals surface area (Å²) in [5.74, 6) is -1.47. The normalized spacial score (nSPS) is 33.5. The minimum Gasteiger partial charge on any atom is -0.349 e. The highest BCUT2D eigenvalue weighted by atomic mass is 16.2. The van der Waals surface area contributed by atoms with Crippen molar-refractivity contribution in [1.82, 2.24) is 10.6 Å². The van der Waals surface area contributed by atoms with Gasteiger partial charge in [-0.1, -0.05) is 12.2 Å². The number of amides is 3. The van der Waals surface area contributed by atoms with E-state index in [1.165, 1.54) is 6.92 Å². The summed E-state index contributed by atoms with van der Waals surface area (Å²) < 4.78 is 0. The molecule has 0 radical (unpaired) electrons. The zero-order valence-corrected chi connectivity index (χ0v) is 8.32. The molecule has 1 aliphatic carbocycles. The van der Waals surface area contributed by atoms with Crippen molar-refractivity contribution in [3.8, 4) is 0 Å². The second-order valence-electron chi connectivity index (χ2n) is 3.88. The third-order valence-corrected chi connectivity index (χ3v) is 2.81. The van der Waals surface area contributed by atoms with E-state index in [0.29, 0.717) is 6.42 Å². The predicted octanol–water partition coefficient (Wildman–Crippen LogP) is -0.660. The van der Waals surface area contributed by atoms with Crippen molar-refractivity contribution < 1.29 is 14.4 Å². The summed E-state index contributed by atoms with van der Waals surface area (Å²) in [5.41, 5.74) is 0. The molecule has 5 nitrogen and oxygen atoms in total. The predicted molar refractivity (Wildman–Crippen MR) is 51.5 cm³/mol. The van der Waals surface area contributed by atoms with Gasteiger partial charge in [-0.15, -0.1) is 0 Å². The number of rotatable bonds is 1. The molecule has 2 rings (SSSR count). The molecule has 1 saturated heterocycles. The lowest BCUT2D eigenvalue weighted by atomic mass is 9.81. The number of carbonyl (C=O) groups is 3. The van der Waals surface area contributed by atoms with E-state index in [9.17, 15) is 14.4 Å². The highest BCUT2D eigenvalue weighted by Gasteiger charge is 2.46. The number of fused-ring (bicyclic) bond motifs is 1.